The van der Waals surface area contributed by atoms with Crippen molar-refractivity contribution < 1.29 is 48.3 Å². The van der Waals surface area contributed by atoms with Crippen LogP contribution in [0.2, 0.25) is 0 Å². The Balaban J connectivity index is 1.84. The molecule has 0 spiro atoms. The molecule has 4 aliphatic rings. The number of benzene rings is 1. The summed E-state index contributed by atoms with van der Waals surface area (Å²) in [5, 5.41) is 24.2. The Bertz CT molecular complexity index is 1270. The highest BCUT2D eigenvalue weighted by atomic mass is 16.6. The van der Waals surface area contributed by atoms with E-state index in [1.54, 1.807) is 58.0 Å². The molecule has 10 heteroatoms. The van der Waals surface area contributed by atoms with Gasteiger partial charge in [0.05, 0.1) is 35.7 Å². The minimum atomic E-state index is -1.93. The molecule has 0 radical (unpaired) electrons. The van der Waals surface area contributed by atoms with Crippen molar-refractivity contribution in [1.29, 1.82) is 0 Å². The highest BCUT2D eigenvalue weighted by Gasteiger charge is 2.78. The molecule has 1 heterocycles. The summed E-state index contributed by atoms with van der Waals surface area (Å²) in [7, 11) is 2.89. The Labute approximate surface area is 239 Å². The monoisotopic (exact) mass is 572 g/mol. The third kappa shape index (κ3) is 3.98. The fraction of sp³-hybridized carbons (Fsp3) is 0.645. The van der Waals surface area contributed by atoms with Crippen LogP contribution >= 0.6 is 0 Å². The molecule has 2 N–H and O–H groups in total. The molecule has 0 aromatic heterocycles. The Morgan fingerprint density at radius 2 is 1.73 bits per heavy atom. The smallest absolute Gasteiger partial charge is 0.338 e. The molecule has 41 heavy (non-hydrogen) atoms. The quantitative estimate of drug-likeness (QED) is 0.400. The van der Waals surface area contributed by atoms with E-state index in [0.29, 0.717) is 11.1 Å². The zero-order valence-electron chi connectivity index (χ0n) is 24.6. The maximum Gasteiger partial charge on any atom is 0.338 e. The van der Waals surface area contributed by atoms with E-state index in [-0.39, 0.29) is 30.8 Å². The van der Waals surface area contributed by atoms with Gasteiger partial charge in [-0.1, -0.05) is 32.0 Å². The van der Waals surface area contributed by atoms with Gasteiger partial charge in [0.2, 0.25) is 0 Å². The van der Waals surface area contributed by atoms with Gasteiger partial charge in [-0.05, 0) is 37.1 Å². The van der Waals surface area contributed by atoms with Crippen LogP contribution in [0.15, 0.2) is 41.5 Å². The molecule has 5 rings (SSSR count). The van der Waals surface area contributed by atoms with Crippen molar-refractivity contribution in [3.8, 4) is 0 Å². The normalized spacial score (nSPS) is 41.2. The second-order valence-corrected chi connectivity index (χ2v) is 12.6. The van der Waals surface area contributed by atoms with Gasteiger partial charge in [0, 0.05) is 39.4 Å². The molecule has 2 bridgehead atoms. The number of esters is 2. The maximum atomic E-state index is 14.9. The predicted molar refractivity (Wildman–Crippen MR) is 145 cm³/mol. The molecule has 2 saturated carbocycles. The number of carbonyl (C=O) groups is 3. The number of ether oxygens (including phenoxy) is 5. The largest absolute Gasteiger partial charge is 0.455 e. The number of rotatable bonds is 5. The molecule has 1 saturated heterocycles. The molecule has 3 fully saturated rings. The molecular formula is C31H40O10. The fourth-order valence-corrected chi connectivity index (χ4v) is 8.17. The van der Waals surface area contributed by atoms with Crippen LogP contribution in [0.1, 0.15) is 57.8 Å². The Morgan fingerprint density at radius 3 is 2.27 bits per heavy atom. The van der Waals surface area contributed by atoms with Crippen molar-refractivity contribution >= 4 is 17.7 Å². The number of hydrogen-bond acceptors (Lipinski definition) is 10. The standard InChI is InChI=1S/C31H40O10/c1-16-19(33)14-31(36)26(40-27(35)18-11-9-8-10-12-18)24-29(5,25(34)23(38-7)22(16)28(31,3)4)20(37-6)13-21-30(24,15-39-21)41-17(2)32/h8-12,19-21,23-24,26,33,36H,13-15H2,1-7H3/t19-,20-,21+,23?,24-,26-,29+,30-,31+/m0/s1. The topological polar surface area (TPSA) is 138 Å². The van der Waals surface area contributed by atoms with Crippen LogP contribution in [0.5, 0.6) is 0 Å². The van der Waals surface area contributed by atoms with E-state index in [1.165, 1.54) is 21.1 Å². The molecule has 1 aromatic rings. The molecule has 3 aliphatic carbocycles. The van der Waals surface area contributed by atoms with Gasteiger partial charge in [0.15, 0.2) is 11.4 Å². The van der Waals surface area contributed by atoms with E-state index in [1.807, 2.05) is 0 Å². The van der Waals surface area contributed by atoms with E-state index >= 15 is 0 Å². The van der Waals surface area contributed by atoms with E-state index in [4.69, 9.17) is 23.7 Å². The molecule has 1 unspecified atom stereocenters. The van der Waals surface area contributed by atoms with Gasteiger partial charge in [-0.15, -0.1) is 0 Å². The molecule has 9 atom stereocenters. The van der Waals surface area contributed by atoms with Gasteiger partial charge >= 0.3 is 11.9 Å². The summed E-state index contributed by atoms with van der Waals surface area (Å²) in [6, 6.07) is 8.32. The Morgan fingerprint density at radius 1 is 1.07 bits per heavy atom. The maximum absolute atomic E-state index is 14.9. The number of Topliss-reactive ketones (excluding diaryl/α,β-unsaturated/α-hetero) is 1. The fourth-order valence-electron chi connectivity index (χ4n) is 8.17. The lowest BCUT2D eigenvalue weighted by Gasteiger charge is -2.67. The molecule has 1 aromatic carbocycles. The average Bonchev–Trinajstić information content (AvgIpc) is 2.91. The van der Waals surface area contributed by atoms with Gasteiger partial charge in [-0.25, -0.2) is 4.79 Å². The number of methoxy groups -OCH3 is 2. The van der Waals surface area contributed by atoms with Gasteiger partial charge in [-0.3, -0.25) is 9.59 Å². The number of carbonyl (C=O) groups excluding carboxylic acids is 3. The average molecular weight is 573 g/mol. The van der Waals surface area contributed by atoms with Crippen LogP contribution in [0.3, 0.4) is 0 Å². The highest BCUT2D eigenvalue weighted by molar-refractivity contribution is 5.94. The molecule has 1 aliphatic heterocycles. The van der Waals surface area contributed by atoms with Crippen molar-refractivity contribution in [3.63, 3.8) is 0 Å². The van der Waals surface area contributed by atoms with Gasteiger partial charge < -0.3 is 33.9 Å². The van der Waals surface area contributed by atoms with Crippen molar-refractivity contribution in [2.45, 2.75) is 89.2 Å². The van der Waals surface area contributed by atoms with Crippen LogP contribution in [-0.4, -0.2) is 90.5 Å². The zero-order valence-corrected chi connectivity index (χ0v) is 24.6. The number of ketones is 1. The second-order valence-electron chi connectivity index (χ2n) is 12.6. The van der Waals surface area contributed by atoms with Crippen LogP contribution in [0, 0.1) is 16.7 Å². The van der Waals surface area contributed by atoms with Crippen molar-refractivity contribution in [2.24, 2.45) is 16.7 Å². The molecule has 224 valence electrons. The SMILES string of the molecule is COC1C(=O)[C@]2(C)[C@@H](OC)C[C@H]3OC[C@@]3(OC(C)=O)[C@H]2[C@H](OC(=O)c2ccccc2)[C@]2(O)C[C@H](O)C(C)=C1C2(C)C. The van der Waals surface area contributed by atoms with Gasteiger partial charge in [-0.2, -0.15) is 0 Å². The van der Waals surface area contributed by atoms with Gasteiger partial charge in [0.25, 0.3) is 0 Å². The summed E-state index contributed by atoms with van der Waals surface area (Å²) in [6.45, 7) is 8.13. The second kappa shape index (κ2) is 9.98. The summed E-state index contributed by atoms with van der Waals surface area (Å²) in [4.78, 5) is 41.2. The van der Waals surface area contributed by atoms with E-state index in [0.717, 1.165) is 0 Å². The van der Waals surface area contributed by atoms with Crippen LogP contribution in [0.25, 0.3) is 0 Å². The third-order valence-corrected chi connectivity index (χ3v) is 10.4. The first-order chi connectivity index (χ1) is 19.2. The number of aliphatic hydroxyl groups is 2. The van der Waals surface area contributed by atoms with E-state index in [2.05, 4.69) is 0 Å². The van der Waals surface area contributed by atoms with Crippen LogP contribution in [0.4, 0.5) is 0 Å². The Hall–Kier alpha value is -2.63. The molecule has 10 nitrogen and oxygen atoms in total. The molecule has 0 amide bonds. The van der Waals surface area contributed by atoms with E-state index in [9.17, 15) is 24.6 Å². The van der Waals surface area contributed by atoms with Crippen LogP contribution < -0.4 is 0 Å². The highest BCUT2D eigenvalue weighted by Crippen LogP contribution is 2.64. The minimum Gasteiger partial charge on any atom is -0.455 e. The molecular weight excluding hydrogens is 532 g/mol. The number of fused-ring (bicyclic) bond motifs is 5. The van der Waals surface area contributed by atoms with Crippen molar-refractivity contribution in [2.75, 3.05) is 20.8 Å². The van der Waals surface area contributed by atoms with E-state index < -0.39 is 70.4 Å². The van der Waals surface area contributed by atoms with Crippen LogP contribution in [-0.2, 0) is 33.3 Å². The summed E-state index contributed by atoms with van der Waals surface area (Å²) in [6.07, 6.45) is -5.17. The zero-order chi connectivity index (χ0) is 30.1. The Kier molecular flexibility index (Phi) is 7.27. The van der Waals surface area contributed by atoms with Crippen molar-refractivity contribution in [3.05, 3.63) is 47.0 Å². The lowest BCUT2D eigenvalue weighted by molar-refractivity contribution is -0.347. The summed E-state index contributed by atoms with van der Waals surface area (Å²) < 4.78 is 30.1. The van der Waals surface area contributed by atoms with Gasteiger partial charge in [0.1, 0.15) is 23.9 Å². The predicted octanol–water partition coefficient (Wildman–Crippen LogP) is 2.39. The number of aliphatic hydroxyl groups excluding tert-OH is 1. The summed E-state index contributed by atoms with van der Waals surface area (Å²) in [5.74, 6) is -2.83. The first-order valence-electron chi connectivity index (χ1n) is 14.0. The first-order valence-corrected chi connectivity index (χ1v) is 14.0. The first kappa shape index (κ1) is 29.8. The summed E-state index contributed by atoms with van der Waals surface area (Å²) in [5.41, 5.74) is -4.88. The van der Waals surface area contributed by atoms with Crippen molar-refractivity contribution in [1.82, 2.24) is 0 Å². The lowest BCUT2D eigenvalue weighted by Crippen LogP contribution is -2.82. The lowest BCUT2D eigenvalue weighted by atomic mass is 9.44. The minimum absolute atomic E-state index is 0.0704. The third-order valence-electron chi connectivity index (χ3n) is 10.4. The summed E-state index contributed by atoms with van der Waals surface area (Å²) >= 11 is 0. The number of hydrogen-bond donors (Lipinski definition) is 2.